The molecule has 1 unspecified atom stereocenters. The van der Waals surface area contributed by atoms with Gasteiger partial charge in [0.2, 0.25) is 0 Å². The van der Waals surface area contributed by atoms with Gasteiger partial charge >= 0.3 is 10.1 Å². The molecule has 2 aliphatic heterocycles. The van der Waals surface area contributed by atoms with Crippen LogP contribution in [-0.2, 0) is 20.5 Å². The molecule has 0 radical (unpaired) electrons. The van der Waals surface area contributed by atoms with Crippen molar-refractivity contribution in [3.05, 3.63) is 88.9 Å². The van der Waals surface area contributed by atoms with Gasteiger partial charge in [-0.1, -0.05) is 54.1 Å². The number of carboxylic acids is 1. The molecule has 2 aliphatic rings. The number of benzene rings is 3. The van der Waals surface area contributed by atoms with Gasteiger partial charge in [0.05, 0.1) is 11.8 Å². The van der Waals surface area contributed by atoms with Crippen LogP contribution in [-0.4, -0.2) is 54.5 Å². The molecular formula is C28H29ClN4O5S. The van der Waals surface area contributed by atoms with Gasteiger partial charge in [-0.3, -0.25) is 14.7 Å². The van der Waals surface area contributed by atoms with Gasteiger partial charge in [-0.15, -0.1) is 0 Å². The molecule has 11 heteroatoms. The zero-order chi connectivity index (χ0) is 28.4. The van der Waals surface area contributed by atoms with Gasteiger partial charge in [0.15, 0.2) is 11.5 Å². The monoisotopic (exact) mass is 568 g/mol. The average molecular weight is 569 g/mol. The van der Waals surface area contributed by atoms with Crippen molar-refractivity contribution in [2.75, 3.05) is 13.1 Å². The number of nitrogens with two attached hydrogens (primary N) is 1. The fourth-order valence-corrected chi connectivity index (χ4v) is 5.15. The average Bonchev–Trinajstić information content (AvgIpc) is 3.47. The Kier molecular flexibility index (Phi) is 7.99. The van der Waals surface area contributed by atoms with Crippen molar-refractivity contribution in [2.24, 2.45) is 15.7 Å². The minimum absolute atomic E-state index is 0.241. The van der Waals surface area contributed by atoms with E-state index in [1.54, 1.807) is 26.0 Å². The van der Waals surface area contributed by atoms with Crippen LogP contribution in [0.25, 0.3) is 11.1 Å². The van der Waals surface area contributed by atoms with Crippen molar-refractivity contribution < 1.29 is 22.5 Å². The molecule has 0 saturated carbocycles. The number of guanidine groups is 1. The summed E-state index contributed by atoms with van der Waals surface area (Å²) in [5.74, 6) is 0.560. The molecule has 0 aliphatic carbocycles. The van der Waals surface area contributed by atoms with Crippen molar-refractivity contribution in [1.82, 2.24) is 4.90 Å². The van der Waals surface area contributed by atoms with Gasteiger partial charge < -0.3 is 15.0 Å². The molecular weight excluding hydrogens is 540 g/mol. The number of rotatable bonds is 6. The Morgan fingerprint density at radius 2 is 1.67 bits per heavy atom. The second kappa shape index (κ2) is 11.1. The van der Waals surface area contributed by atoms with Gasteiger partial charge in [-0.05, 0) is 66.4 Å². The molecule has 0 aromatic heterocycles. The molecule has 0 amide bonds. The second-order valence-corrected chi connectivity index (χ2v) is 11.8. The van der Waals surface area contributed by atoms with Crippen molar-refractivity contribution >= 4 is 39.5 Å². The van der Waals surface area contributed by atoms with Crippen LogP contribution in [0.1, 0.15) is 31.9 Å². The number of aliphatic imine (C=N–C) groups is 2. The number of fused-ring (bicyclic) bond motifs is 1. The van der Waals surface area contributed by atoms with Gasteiger partial charge in [-0.25, -0.2) is 4.99 Å². The highest BCUT2D eigenvalue weighted by atomic mass is 35.5. The smallest absolute Gasteiger partial charge is 0.311 e. The van der Waals surface area contributed by atoms with Crippen LogP contribution in [0.2, 0.25) is 5.02 Å². The van der Waals surface area contributed by atoms with Crippen LogP contribution >= 0.6 is 11.6 Å². The highest BCUT2D eigenvalue weighted by Crippen LogP contribution is 2.43. The van der Waals surface area contributed by atoms with Crippen LogP contribution in [0.5, 0.6) is 5.75 Å². The largest absolute Gasteiger partial charge is 0.481 e. The number of aliphatic carboxylic acids is 1. The number of carbonyl (C=O) groups is 1. The quantitative estimate of drug-likeness (QED) is 0.418. The second-order valence-electron chi connectivity index (χ2n) is 9.30. The predicted octanol–water partition coefficient (Wildman–Crippen LogP) is 4.50. The first-order chi connectivity index (χ1) is 18.4. The van der Waals surface area contributed by atoms with E-state index in [0.29, 0.717) is 24.1 Å². The number of halogens is 1. The highest BCUT2D eigenvalue weighted by molar-refractivity contribution is 7.87. The third kappa shape index (κ3) is 5.76. The summed E-state index contributed by atoms with van der Waals surface area (Å²) in [4.78, 5) is 20.6. The minimum Gasteiger partial charge on any atom is -0.481 e. The lowest BCUT2D eigenvalue weighted by molar-refractivity contribution is -0.134. The lowest BCUT2D eigenvalue weighted by atomic mass is 9.81. The molecule has 5 rings (SSSR count). The predicted molar refractivity (Wildman–Crippen MR) is 153 cm³/mol. The topological polar surface area (TPSA) is 135 Å². The van der Waals surface area contributed by atoms with Crippen molar-refractivity contribution in [3.8, 4) is 16.9 Å². The van der Waals surface area contributed by atoms with Crippen LogP contribution in [0.3, 0.4) is 0 Å². The van der Waals surface area contributed by atoms with E-state index in [0.717, 1.165) is 35.0 Å². The summed E-state index contributed by atoms with van der Waals surface area (Å²) in [6.07, 6.45) is 0. The molecule has 0 spiro atoms. The maximum absolute atomic E-state index is 12.2. The zero-order valence-electron chi connectivity index (χ0n) is 21.7. The summed E-state index contributed by atoms with van der Waals surface area (Å²) >= 11 is 6.24. The summed E-state index contributed by atoms with van der Waals surface area (Å²) in [5, 5.41) is 7.42. The van der Waals surface area contributed by atoms with Gasteiger partial charge in [0.1, 0.15) is 11.6 Å². The first-order valence-electron chi connectivity index (χ1n) is 12.2. The number of carboxylic acid groups (broad SMARTS) is 1. The van der Waals surface area contributed by atoms with Crippen LogP contribution < -0.4 is 9.92 Å². The first-order valence-corrected chi connectivity index (χ1v) is 14.1. The molecule has 0 bridgehead atoms. The van der Waals surface area contributed by atoms with E-state index in [1.165, 1.54) is 0 Å². The molecule has 0 saturated heterocycles. The SMILES string of the molecule is CC(=O)O.CC(C)S(=O)(=O)Oc1ccc(C2(c3cccc(-c4cccc(Cl)c4)c3)N=C(N)N3CCN=C32)cc1. The van der Waals surface area contributed by atoms with Crippen LogP contribution in [0, 0.1) is 0 Å². The maximum atomic E-state index is 12.2. The summed E-state index contributed by atoms with van der Waals surface area (Å²) in [7, 11) is -3.70. The number of hydrogen-bond donors (Lipinski definition) is 2. The summed E-state index contributed by atoms with van der Waals surface area (Å²) in [6, 6.07) is 22.7. The Hall–Kier alpha value is -3.89. The third-order valence-corrected chi connectivity index (χ3v) is 8.04. The highest BCUT2D eigenvalue weighted by Gasteiger charge is 2.50. The standard InChI is InChI=1S/C26H25ClN4O3S.C2H4O2/c1-17(2)35(32,33)34-23-11-9-20(10-12-23)26(24-29-13-14-31(24)25(28)30-26)21-7-3-5-18(15-21)19-6-4-8-22(27)16-19;1-2(3)4/h3-12,15-17H,13-14H2,1-2H3,(H2,28,30);1H3,(H,3,4). The van der Waals surface area contributed by atoms with Crippen molar-refractivity contribution in [2.45, 2.75) is 31.6 Å². The van der Waals surface area contributed by atoms with Crippen LogP contribution in [0.15, 0.2) is 82.8 Å². The molecule has 3 aromatic rings. The van der Waals surface area contributed by atoms with E-state index in [4.69, 9.17) is 41.4 Å². The van der Waals surface area contributed by atoms with E-state index >= 15 is 0 Å². The molecule has 0 fully saturated rings. The Bertz CT molecular complexity index is 1550. The van der Waals surface area contributed by atoms with Gasteiger partial charge in [0, 0.05) is 18.5 Å². The summed E-state index contributed by atoms with van der Waals surface area (Å²) in [5.41, 5.74) is 9.06. The maximum Gasteiger partial charge on any atom is 0.311 e. The Morgan fingerprint density at radius 1 is 1.05 bits per heavy atom. The molecule has 3 aromatic carbocycles. The van der Waals surface area contributed by atoms with Crippen molar-refractivity contribution in [3.63, 3.8) is 0 Å². The Labute approximate surface area is 232 Å². The molecule has 1 atom stereocenters. The lowest BCUT2D eigenvalue weighted by Crippen LogP contribution is -2.41. The fraction of sp³-hybridized carbons (Fsp3) is 0.250. The van der Waals surface area contributed by atoms with E-state index in [2.05, 4.69) is 6.07 Å². The summed E-state index contributed by atoms with van der Waals surface area (Å²) < 4.78 is 29.7. The Morgan fingerprint density at radius 3 is 2.28 bits per heavy atom. The Balaban J connectivity index is 0.000000826. The summed E-state index contributed by atoms with van der Waals surface area (Å²) in [6.45, 7) is 5.52. The van der Waals surface area contributed by atoms with Crippen LogP contribution in [0.4, 0.5) is 0 Å². The molecule has 9 nitrogen and oxygen atoms in total. The van der Waals surface area contributed by atoms with E-state index in [9.17, 15) is 8.42 Å². The molecule has 39 heavy (non-hydrogen) atoms. The number of hydrogen-bond acceptors (Lipinski definition) is 8. The van der Waals surface area contributed by atoms with E-state index in [1.807, 2.05) is 59.5 Å². The molecule has 2 heterocycles. The fourth-order valence-electron chi connectivity index (χ4n) is 4.39. The zero-order valence-corrected chi connectivity index (χ0v) is 23.3. The van der Waals surface area contributed by atoms with E-state index < -0.39 is 26.9 Å². The van der Waals surface area contributed by atoms with E-state index in [-0.39, 0.29) is 5.75 Å². The number of nitrogens with zero attached hydrogens (tertiary/aromatic N) is 3. The van der Waals surface area contributed by atoms with Gasteiger partial charge in [-0.2, -0.15) is 8.42 Å². The lowest BCUT2D eigenvalue weighted by Gasteiger charge is -2.29. The molecule has 3 N–H and O–H groups in total. The van der Waals surface area contributed by atoms with Gasteiger partial charge in [0.25, 0.3) is 5.97 Å². The van der Waals surface area contributed by atoms with Crippen molar-refractivity contribution in [1.29, 1.82) is 0 Å². The third-order valence-electron chi connectivity index (χ3n) is 6.22. The number of amidine groups is 1. The first kappa shape index (κ1) is 28.1. The normalized spacial score (nSPS) is 18.1. The minimum atomic E-state index is -3.70. The molecule has 204 valence electrons.